The van der Waals surface area contributed by atoms with Crippen LogP contribution in [0.3, 0.4) is 0 Å². The quantitative estimate of drug-likeness (QED) is 0.837. The number of anilines is 1. The lowest BCUT2D eigenvalue weighted by atomic mass is 9.97. The predicted octanol–water partition coefficient (Wildman–Crippen LogP) is 1.47. The van der Waals surface area contributed by atoms with Crippen molar-refractivity contribution < 1.29 is 17.9 Å². The summed E-state index contributed by atoms with van der Waals surface area (Å²) in [5.41, 5.74) is 0.777. The number of rotatable bonds is 3. The van der Waals surface area contributed by atoms with Crippen LogP contribution in [0.15, 0.2) is 24.3 Å². The van der Waals surface area contributed by atoms with Crippen molar-refractivity contribution in [2.24, 2.45) is 5.92 Å². The van der Waals surface area contributed by atoms with Crippen LogP contribution in [0.1, 0.15) is 19.8 Å². The molecule has 0 bridgehead atoms. The minimum absolute atomic E-state index is 0.00301. The highest BCUT2D eigenvalue weighted by Crippen LogP contribution is 2.33. The maximum absolute atomic E-state index is 12.9. The molecule has 3 rings (SSSR count). The topological polar surface area (TPSA) is 66.9 Å². The first-order valence-electron chi connectivity index (χ1n) is 8.04. The monoisotopic (exact) mass is 338 g/mol. The molecule has 1 fully saturated rings. The van der Waals surface area contributed by atoms with E-state index in [4.69, 9.17) is 4.74 Å². The lowest BCUT2D eigenvalue weighted by Crippen LogP contribution is -2.48. The second kappa shape index (κ2) is 6.49. The molecular formula is C16H22N2O4S. The molecule has 0 unspecified atom stereocenters. The summed E-state index contributed by atoms with van der Waals surface area (Å²) in [5, 5.41) is 0. The zero-order valence-electron chi connectivity index (χ0n) is 13.3. The lowest BCUT2D eigenvalue weighted by Gasteiger charge is -2.36. The van der Waals surface area contributed by atoms with E-state index in [1.54, 1.807) is 11.8 Å². The Morgan fingerprint density at radius 2 is 2.09 bits per heavy atom. The summed E-state index contributed by atoms with van der Waals surface area (Å²) < 4.78 is 31.2. The van der Waals surface area contributed by atoms with Gasteiger partial charge in [0.2, 0.25) is 15.9 Å². The van der Waals surface area contributed by atoms with Crippen molar-refractivity contribution in [3.05, 3.63) is 24.3 Å². The predicted molar refractivity (Wildman–Crippen MR) is 88.0 cm³/mol. The third kappa shape index (κ3) is 3.21. The highest BCUT2D eigenvalue weighted by molar-refractivity contribution is 7.89. The number of sulfonamides is 1. The first-order valence-corrected chi connectivity index (χ1v) is 9.65. The molecule has 1 aromatic rings. The van der Waals surface area contributed by atoms with Gasteiger partial charge in [-0.25, -0.2) is 12.7 Å². The summed E-state index contributed by atoms with van der Waals surface area (Å²) >= 11 is 0. The smallest absolute Gasteiger partial charge is 0.231 e. The van der Waals surface area contributed by atoms with Crippen LogP contribution in [-0.2, 0) is 14.8 Å². The molecule has 126 valence electrons. The first-order chi connectivity index (χ1) is 11.0. The minimum atomic E-state index is -3.24. The second-order valence-corrected chi connectivity index (χ2v) is 8.16. The van der Waals surface area contributed by atoms with E-state index >= 15 is 0 Å². The standard InChI is InChI=1S/C16H22N2O4S/c1-2-23(20,21)17-9-5-6-13(12-17)16(19)18-10-11-22-15-8-4-3-7-14(15)18/h3-4,7-8,13H,2,5-6,9-12H2,1H3/t13-/m1/s1. The van der Waals surface area contributed by atoms with Crippen LogP contribution >= 0.6 is 0 Å². The van der Waals surface area contributed by atoms with E-state index in [-0.39, 0.29) is 24.1 Å². The Bertz CT molecular complexity index is 689. The van der Waals surface area contributed by atoms with Gasteiger partial charge in [-0.1, -0.05) is 12.1 Å². The van der Waals surface area contributed by atoms with E-state index in [1.807, 2.05) is 24.3 Å². The number of nitrogens with zero attached hydrogens (tertiary/aromatic N) is 2. The number of carbonyl (C=O) groups is 1. The van der Waals surface area contributed by atoms with E-state index in [0.717, 1.165) is 18.5 Å². The van der Waals surface area contributed by atoms with Crippen LogP contribution < -0.4 is 9.64 Å². The molecule has 0 aromatic heterocycles. The van der Waals surface area contributed by atoms with Crippen LogP contribution in [0.5, 0.6) is 5.75 Å². The van der Waals surface area contributed by atoms with Crippen LogP contribution in [0.4, 0.5) is 5.69 Å². The average molecular weight is 338 g/mol. The summed E-state index contributed by atoms with van der Waals surface area (Å²) in [6.45, 7) is 3.41. The summed E-state index contributed by atoms with van der Waals surface area (Å²) in [4.78, 5) is 14.7. The Balaban J connectivity index is 1.79. The summed E-state index contributed by atoms with van der Waals surface area (Å²) in [6.07, 6.45) is 1.45. The molecule has 0 N–H and O–H groups in total. The summed E-state index contributed by atoms with van der Waals surface area (Å²) in [5.74, 6) is 0.503. The third-order valence-electron chi connectivity index (χ3n) is 4.49. The highest BCUT2D eigenvalue weighted by atomic mass is 32.2. The number of hydrogen-bond acceptors (Lipinski definition) is 4. The van der Waals surface area contributed by atoms with E-state index in [0.29, 0.717) is 25.4 Å². The van der Waals surface area contributed by atoms with E-state index in [1.165, 1.54) is 4.31 Å². The molecule has 23 heavy (non-hydrogen) atoms. The summed E-state index contributed by atoms with van der Waals surface area (Å²) in [7, 11) is -3.24. The number of piperidine rings is 1. The van der Waals surface area contributed by atoms with Crippen molar-refractivity contribution in [3.63, 3.8) is 0 Å². The fourth-order valence-electron chi connectivity index (χ4n) is 3.20. The van der Waals surface area contributed by atoms with Crippen molar-refractivity contribution in [1.29, 1.82) is 0 Å². The maximum Gasteiger partial charge on any atom is 0.231 e. The molecular weight excluding hydrogens is 316 g/mol. The molecule has 0 saturated carbocycles. The molecule has 0 spiro atoms. The maximum atomic E-state index is 12.9. The van der Waals surface area contributed by atoms with Gasteiger partial charge in [0.05, 0.1) is 23.9 Å². The molecule has 1 aromatic carbocycles. The molecule has 1 amide bonds. The molecule has 1 saturated heterocycles. The first kappa shape index (κ1) is 16.3. The van der Waals surface area contributed by atoms with E-state index in [2.05, 4.69) is 0 Å². The average Bonchev–Trinajstić information content (AvgIpc) is 2.60. The largest absolute Gasteiger partial charge is 0.490 e. The molecule has 7 heteroatoms. The molecule has 2 aliphatic rings. The van der Waals surface area contributed by atoms with Crippen molar-refractivity contribution in [1.82, 2.24) is 4.31 Å². The van der Waals surface area contributed by atoms with Gasteiger partial charge in [0.25, 0.3) is 0 Å². The summed E-state index contributed by atoms with van der Waals surface area (Å²) in [6, 6.07) is 7.48. The van der Waals surface area contributed by atoms with Crippen molar-refractivity contribution in [2.45, 2.75) is 19.8 Å². The fourth-order valence-corrected chi connectivity index (χ4v) is 4.38. The normalized spacial score (nSPS) is 22.3. The van der Waals surface area contributed by atoms with Gasteiger partial charge in [0.15, 0.2) is 0 Å². The number of benzene rings is 1. The Hall–Kier alpha value is -1.60. The second-order valence-electron chi connectivity index (χ2n) is 5.90. The van der Waals surface area contributed by atoms with Gasteiger partial charge in [-0.05, 0) is 31.9 Å². The van der Waals surface area contributed by atoms with E-state index < -0.39 is 10.0 Å². The van der Waals surface area contributed by atoms with Crippen LogP contribution in [0.2, 0.25) is 0 Å². The van der Waals surface area contributed by atoms with Gasteiger partial charge in [-0.2, -0.15) is 0 Å². The zero-order valence-corrected chi connectivity index (χ0v) is 14.1. The van der Waals surface area contributed by atoms with Gasteiger partial charge < -0.3 is 9.64 Å². The number of hydrogen-bond donors (Lipinski definition) is 0. The lowest BCUT2D eigenvalue weighted by molar-refractivity contribution is -0.123. The molecule has 0 radical (unpaired) electrons. The Labute approximate surface area is 137 Å². The van der Waals surface area contributed by atoms with Crippen molar-refractivity contribution in [2.75, 3.05) is 36.9 Å². The number of para-hydroxylation sites is 2. The van der Waals surface area contributed by atoms with Gasteiger partial charge >= 0.3 is 0 Å². The van der Waals surface area contributed by atoms with E-state index in [9.17, 15) is 13.2 Å². The Morgan fingerprint density at radius 3 is 2.87 bits per heavy atom. The molecule has 1 atom stereocenters. The van der Waals surface area contributed by atoms with Gasteiger partial charge in [0, 0.05) is 13.1 Å². The minimum Gasteiger partial charge on any atom is -0.490 e. The Morgan fingerprint density at radius 1 is 1.30 bits per heavy atom. The molecule has 2 aliphatic heterocycles. The highest BCUT2D eigenvalue weighted by Gasteiger charge is 2.35. The number of ether oxygens (including phenoxy) is 1. The van der Waals surface area contributed by atoms with Crippen LogP contribution in [0, 0.1) is 5.92 Å². The van der Waals surface area contributed by atoms with Gasteiger partial charge in [0.1, 0.15) is 12.4 Å². The SMILES string of the molecule is CCS(=O)(=O)N1CCC[C@@H](C(=O)N2CCOc3ccccc32)C1. The van der Waals surface area contributed by atoms with Gasteiger partial charge in [-0.3, -0.25) is 4.79 Å². The molecule has 2 heterocycles. The molecule has 0 aliphatic carbocycles. The zero-order chi connectivity index (χ0) is 16.4. The van der Waals surface area contributed by atoms with Gasteiger partial charge in [-0.15, -0.1) is 0 Å². The Kier molecular flexibility index (Phi) is 4.59. The number of fused-ring (bicyclic) bond motifs is 1. The number of carbonyl (C=O) groups excluding carboxylic acids is 1. The van der Waals surface area contributed by atoms with Crippen molar-refractivity contribution >= 4 is 21.6 Å². The number of amides is 1. The molecule has 6 nitrogen and oxygen atoms in total. The van der Waals surface area contributed by atoms with Crippen molar-refractivity contribution in [3.8, 4) is 5.75 Å². The van der Waals surface area contributed by atoms with Crippen LogP contribution in [0.25, 0.3) is 0 Å². The van der Waals surface area contributed by atoms with Crippen LogP contribution in [-0.4, -0.2) is 50.6 Å². The fraction of sp³-hybridized carbons (Fsp3) is 0.562. The third-order valence-corrected chi connectivity index (χ3v) is 6.33.